The van der Waals surface area contributed by atoms with Crippen LogP contribution in [0.15, 0.2) is 12.3 Å². The van der Waals surface area contributed by atoms with E-state index < -0.39 is 0 Å². The number of ether oxygens (including phenoxy) is 1. The Labute approximate surface area is 94.8 Å². The minimum Gasteiger partial charge on any atom is -0.381 e. The predicted molar refractivity (Wildman–Crippen MR) is 64.3 cm³/mol. The van der Waals surface area contributed by atoms with E-state index in [0.29, 0.717) is 6.10 Å². The monoisotopic (exact) mass is 309 g/mol. The lowest BCUT2D eigenvalue weighted by Gasteiger charge is -2.21. The van der Waals surface area contributed by atoms with E-state index in [1.807, 2.05) is 0 Å². The molecular formula is C9H12INOS. The Morgan fingerprint density at radius 2 is 2.54 bits per heavy atom. The second-order valence-electron chi connectivity index (χ2n) is 3.28. The minimum absolute atomic E-state index is 0.421. The molecule has 0 spiro atoms. The van der Waals surface area contributed by atoms with Crippen molar-refractivity contribution in [3.63, 3.8) is 0 Å². The van der Waals surface area contributed by atoms with Crippen LogP contribution >= 0.6 is 30.3 Å². The third kappa shape index (κ3) is 1.89. The average molecular weight is 309 g/mol. The van der Waals surface area contributed by atoms with Crippen molar-refractivity contribution in [2.24, 2.45) is 0 Å². The summed E-state index contributed by atoms with van der Waals surface area (Å²) in [7, 11) is 3.54. The molecule has 0 radical (unpaired) electrons. The number of methoxy groups -OCH3 is 1. The average Bonchev–Trinajstić information content (AvgIpc) is 2.59. The third-order valence-corrected chi connectivity index (χ3v) is 4.38. The summed E-state index contributed by atoms with van der Waals surface area (Å²) in [6, 6.07) is 2.23. The van der Waals surface area contributed by atoms with E-state index in [1.165, 1.54) is 17.7 Å². The molecule has 1 atom stereocenters. The van der Waals surface area contributed by atoms with Gasteiger partial charge in [0, 0.05) is 55.7 Å². The van der Waals surface area contributed by atoms with Crippen molar-refractivity contribution in [2.75, 3.05) is 7.11 Å². The van der Waals surface area contributed by atoms with E-state index in [4.69, 9.17) is 4.74 Å². The molecular weight excluding hydrogens is 297 g/mol. The summed E-state index contributed by atoms with van der Waals surface area (Å²) in [4.78, 5) is 0. The Kier molecular flexibility index (Phi) is 3.21. The van der Waals surface area contributed by atoms with Crippen LogP contribution in [0.3, 0.4) is 0 Å². The maximum Gasteiger partial charge on any atom is 0.0629 e. The van der Waals surface area contributed by atoms with Gasteiger partial charge in [0.25, 0.3) is 0 Å². The predicted octanol–water partition coefficient (Wildman–Crippen LogP) is 2.84. The zero-order valence-corrected chi connectivity index (χ0v) is 10.5. The van der Waals surface area contributed by atoms with Crippen molar-refractivity contribution in [3.05, 3.63) is 23.5 Å². The van der Waals surface area contributed by atoms with E-state index in [9.17, 15) is 0 Å². The lowest BCUT2D eigenvalue weighted by atomic mass is 9.96. The van der Waals surface area contributed by atoms with Gasteiger partial charge in [0.1, 0.15) is 0 Å². The number of aryl methyl sites for hydroxylation is 1. The molecule has 1 aliphatic carbocycles. The molecule has 0 aromatic carbocycles. The van der Waals surface area contributed by atoms with Crippen LogP contribution < -0.4 is 0 Å². The summed E-state index contributed by atoms with van der Waals surface area (Å²) >= 11 is 2.31. The van der Waals surface area contributed by atoms with Gasteiger partial charge in [-0.05, 0) is 24.5 Å². The molecule has 72 valence electrons. The molecule has 4 heteroatoms. The van der Waals surface area contributed by atoms with Gasteiger partial charge in [-0.15, -0.1) is 0 Å². The van der Waals surface area contributed by atoms with E-state index in [2.05, 4.69) is 37.4 Å². The number of hydrogen-bond acceptors (Lipinski definition) is 2. The van der Waals surface area contributed by atoms with Gasteiger partial charge in [-0.2, -0.15) is 0 Å². The topological polar surface area (TPSA) is 14.2 Å². The summed E-state index contributed by atoms with van der Waals surface area (Å²) in [5.74, 6) is 0. The molecule has 1 heterocycles. The highest BCUT2D eigenvalue weighted by atomic mass is 127. The van der Waals surface area contributed by atoms with Gasteiger partial charge in [-0.1, -0.05) is 0 Å². The van der Waals surface area contributed by atoms with Crippen molar-refractivity contribution in [1.82, 2.24) is 3.97 Å². The standard InChI is InChI=1S/C9H12INOS/c1-12-8-3-2-7-4-5-11(13-10)9(7)6-8/h4-5,8H,2-3,6H2,1H3. The maximum atomic E-state index is 5.39. The molecule has 2 nitrogen and oxygen atoms in total. The molecule has 0 saturated heterocycles. The first-order valence-corrected chi connectivity index (χ1v) is 7.67. The van der Waals surface area contributed by atoms with Crippen LogP contribution in [-0.2, 0) is 17.6 Å². The fourth-order valence-electron chi connectivity index (χ4n) is 1.83. The molecule has 0 saturated carbocycles. The Hall–Kier alpha value is 0.320. The normalized spacial score (nSPS) is 21.5. The molecule has 1 aromatic rings. The van der Waals surface area contributed by atoms with Crippen LogP contribution in [0.5, 0.6) is 0 Å². The van der Waals surface area contributed by atoms with Crippen LogP contribution in [0.1, 0.15) is 17.7 Å². The van der Waals surface area contributed by atoms with Gasteiger partial charge in [0.05, 0.1) is 6.10 Å². The second kappa shape index (κ2) is 4.23. The fraction of sp³-hybridized carbons (Fsp3) is 0.556. The number of rotatable bonds is 2. The van der Waals surface area contributed by atoms with Crippen LogP contribution in [-0.4, -0.2) is 17.2 Å². The van der Waals surface area contributed by atoms with E-state index >= 15 is 0 Å². The van der Waals surface area contributed by atoms with Gasteiger partial charge in [-0.25, -0.2) is 0 Å². The van der Waals surface area contributed by atoms with Crippen molar-refractivity contribution in [1.29, 1.82) is 0 Å². The SMILES string of the molecule is COC1CCc2ccn(SI)c2C1. The largest absolute Gasteiger partial charge is 0.381 e. The Morgan fingerprint density at radius 3 is 3.23 bits per heavy atom. The molecule has 1 unspecified atom stereocenters. The lowest BCUT2D eigenvalue weighted by Crippen LogP contribution is -2.21. The maximum absolute atomic E-state index is 5.39. The molecule has 0 N–H and O–H groups in total. The molecule has 0 amide bonds. The second-order valence-corrected chi connectivity index (χ2v) is 5.00. The minimum atomic E-state index is 0.421. The Morgan fingerprint density at radius 1 is 1.69 bits per heavy atom. The lowest BCUT2D eigenvalue weighted by molar-refractivity contribution is 0.0901. The third-order valence-electron chi connectivity index (χ3n) is 2.61. The highest BCUT2D eigenvalue weighted by molar-refractivity contribution is 14.2. The van der Waals surface area contributed by atoms with Gasteiger partial charge in [0.15, 0.2) is 0 Å². The van der Waals surface area contributed by atoms with Crippen LogP contribution in [0, 0.1) is 0 Å². The van der Waals surface area contributed by atoms with Crippen LogP contribution in [0.4, 0.5) is 0 Å². The first kappa shape index (κ1) is 9.86. The van der Waals surface area contributed by atoms with E-state index in [-0.39, 0.29) is 0 Å². The van der Waals surface area contributed by atoms with Gasteiger partial charge in [0.2, 0.25) is 0 Å². The highest BCUT2D eigenvalue weighted by Gasteiger charge is 2.21. The number of fused-ring (bicyclic) bond motifs is 1. The molecule has 1 aromatic heterocycles. The van der Waals surface area contributed by atoms with Gasteiger partial charge >= 0.3 is 0 Å². The molecule has 1 aliphatic rings. The van der Waals surface area contributed by atoms with Crippen molar-refractivity contribution in [3.8, 4) is 0 Å². The van der Waals surface area contributed by atoms with Crippen LogP contribution in [0.25, 0.3) is 0 Å². The highest BCUT2D eigenvalue weighted by Crippen LogP contribution is 2.29. The first-order chi connectivity index (χ1) is 6.35. The van der Waals surface area contributed by atoms with Crippen LogP contribution in [0.2, 0.25) is 0 Å². The summed E-state index contributed by atoms with van der Waals surface area (Å²) in [5.41, 5.74) is 2.94. The first-order valence-electron chi connectivity index (χ1n) is 4.36. The summed E-state index contributed by atoms with van der Waals surface area (Å²) < 4.78 is 7.63. The molecule has 0 aliphatic heterocycles. The van der Waals surface area contributed by atoms with Crippen molar-refractivity contribution in [2.45, 2.75) is 25.4 Å². The molecule has 0 bridgehead atoms. The number of nitrogens with zero attached hydrogens (tertiary/aromatic N) is 1. The van der Waals surface area contributed by atoms with E-state index in [1.54, 1.807) is 16.2 Å². The zero-order valence-electron chi connectivity index (χ0n) is 7.50. The Bertz CT molecular complexity index is 286. The van der Waals surface area contributed by atoms with Crippen molar-refractivity contribution >= 4 is 30.3 Å². The molecule has 0 fully saturated rings. The van der Waals surface area contributed by atoms with Gasteiger partial charge in [-0.3, -0.25) is 3.97 Å². The van der Waals surface area contributed by atoms with Gasteiger partial charge < -0.3 is 4.74 Å². The number of halogens is 1. The Balaban J connectivity index is 2.25. The summed E-state index contributed by atoms with van der Waals surface area (Å²) in [6.07, 6.45) is 5.97. The quantitative estimate of drug-likeness (QED) is 0.780. The summed E-state index contributed by atoms with van der Waals surface area (Å²) in [5, 5.41) is 0. The number of hydrogen-bond donors (Lipinski definition) is 0. The zero-order chi connectivity index (χ0) is 9.26. The van der Waals surface area contributed by atoms with E-state index in [0.717, 1.165) is 12.8 Å². The smallest absolute Gasteiger partial charge is 0.0629 e. The van der Waals surface area contributed by atoms with Crippen molar-refractivity contribution < 1.29 is 4.74 Å². The molecule has 13 heavy (non-hydrogen) atoms. The molecule has 2 rings (SSSR count). The number of aromatic nitrogens is 1. The summed E-state index contributed by atoms with van der Waals surface area (Å²) in [6.45, 7) is 0. The fourth-order valence-corrected chi connectivity index (χ4v) is 3.32.